The van der Waals surface area contributed by atoms with Crippen molar-refractivity contribution in [1.82, 2.24) is 0 Å². The highest BCUT2D eigenvalue weighted by Gasteiger charge is 2.61. The van der Waals surface area contributed by atoms with Crippen molar-refractivity contribution in [2.75, 3.05) is 0 Å². The number of fused-ring (bicyclic) bond motifs is 7. The van der Waals surface area contributed by atoms with Gasteiger partial charge in [-0.3, -0.25) is 38.4 Å². The molecule has 1 aromatic heterocycles. The van der Waals surface area contributed by atoms with E-state index in [1.165, 1.54) is 23.5 Å². The zero-order valence-corrected chi connectivity index (χ0v) is 45.8. The number of carbonyl (C=O) groups is 8. The Balaban J connectivity index is 1.00. The van der Waals surface area contributed by atoms with Gasteiger partial charge in [0, 0.05) is 43.8 Å². The van der Waals surface area contributed by atoms with Crippen LogP contribution in [-0.4, -0.2) is 58.4 Å². The molecule has 4 saturated carbocycles. The van der Waals surface area contributed by atoms with Crippen molar-refractivity contribution >= 4 is 102 Å². The van der Waals surface area contributed by atoms with Gasteiger partial charge in [0.15, 0.2) is 23.1 Å². The lowest BCUT2D eigenvalue weighted by Crippen LogP contribution is -2.46. The summed E-state index contributed by atoms with van der Waals surface area (Å²) in [5, 5.41) is 0.941. The smallest absolute Gasteiger partial charge is 0.334 e. The van der Waals surface area contributed by atoms with Gasteiger partial charge in [-0.15, -0.1) is 11.3 Å². The first-order valence-electron chi connectivity index (χ1n) is 28.1. The lowest BCUT2D eigenvalue weighted by molar-refractivity contribution is -0.166. The Hall–Kier alpha value is -9.08. The van der Waals surface area contributed by atoms with Crippen LogP contribution in [0.15, 0.2) is 167 Å². The van der Waals surface area contributed by atoms with Gasteiger partial charge >= 0.3 is 23.9 Å². The highest BCUT2D eigenvalue weighted by atomic mass is 32.1. The topological polar surface area (TPSA) is 198 Å². The number of Topliss-reactive ketones (excluding diaryl/α,β-unsaturated/α-hetero) is 4. The zero-order chi connectivity index (χ0) is 57.0. The molecule has 4 atom stereocenters. The van der Waals surface area contributed by atoms with Crippen LogP contribution in [0.1, 0.15) is 95.9 Å². The van der Waals surface area contributed by atoms with Crippen molar-refractivity contribution < 1.29 is 57.3 Å². The van der Waals surface area contributed by atoms with E-state index in [2.05, 4.69) is 0 Å². The van der Waals surface area contributed by atoms with Crippen LogP contribution in [0.5, 0.6) is 0 Å². The zero-order valence-electron chi connectivity index (χ0n) is 45.0. The van der Waals surface area contributed by atoms with Gasteiger partial charge in [-0.1, -0.05) is 147 Å². The number of esters is 4. The van der Waals surface area contributed by atoms with Gasteiger partial charge in [0.1, 0.15) is 37.9 Å². The van der Waals surface area contributed by atoms with E-state index >= 15 is 19.2 Å². The summed E-state index contributed by atoms with van der Waals surface area (Å²) in [6, 6.07) is 42.6. The monoisotopic (exact) mass is 1120 g/mol. The largest absolute Gasteiger partial charge is 0.459 e. The van der Waals surface area contributed by atoms with Gasteiger partial charge < -0.3 is 18.9 Å². The first kappa shape index (κ1) is 53.2. The van der Waals surface area contributed by atoms with E-state index in [1.54, 1.807) is 121 Å². The molecule has 7 aromatic rings. The van der Waals surface area contributed by atoms with Gasteiger partial charge in [0.25, 0.3) is 0 Å². The molecule has 1 heterocycles. The number of thiophene rings is 1. The number of nitrogens with zero attached hydrogens (tertiary/aromatic N) is 2. The molecule has 0 spiro atoms. The molecular weight excluding hydrogens is 1070 g/mol. The number of rotatable bonds is 14. The summed E-state index contributed by atoms with van der Waals surface area (Å²) in [6.45, 7) is -1.03. The van der Waals surface area contributed by atoms with E-state index in [0.29, 0.717) is 79.2 Å². The predicted octanol–water partition coefficient (Wildman–Crippen LogP) is 11.0. The van der Waals surface area contributed by atoms with Crippen molar-refractivity contribution in [2.45, 2.75) is 88.6 Å². The quantitative estimate of drug-likeness (QED) is 0.0568. The van der Waals surface area contributed by atoms with E-state index in [-0.39, 0.29) is 60.4 Å². The van der Waals surface area contributed by atoms with Crippen molar-refractivity contribution in [1.29, 1.82) is 0 Å². The average Bonchev–Trinajstić information content (AvgIpc) is 2.09. The molecule has 14 nitrogen and oxygen atoms in total. The summed E-state index contributed by atoms with van der Waals surface area (Å²) in [5.74, 6) is -8.25. The van der Waals surface area contributed by atoms with Gasteiger partial charge in [-0.2, -0.15) is 0 Å². The van der Waals surface area contributed by atoms with E-state index in [4.69, 9.17) is 28.9 Å². The maximum Gasteiger partial charge on any atom is 0.334 e. The molecule has 15 heteroatoms. The maximum atomic E-state index is 15.5. The lowest BCUT2D eigenvalue weighted by atomic mass is 9.78. The van der Waals surface area contributed by atoms with Crippen LogP contribution in [0.4, 0.5) is 0 Å². The fourth-order valence-electron chi connectivity index (χ4n) is 13.1. The van der Waals surface area contributed by atoms with Crippen LogP contribution in [0.2, 0.25) is 0 Å². The number of hydrogen-bond acceptors (Lipinski definition) is 15. The van der Waals surface area contributed by atoms with Gasteiger partial charge in [-0.05, 0) is 107 Å². The third-order valence-corrected chi connectivity index (χ3v) is 18.4. The number of benzene rings is 6. The molecule has 0 bridgehead atoms. The molecule has 6 aliphatic rings. The van der Waals surface area contributed by atoms with Crippen LogP contribution >= 0.6 is 11.3 Å². The standard InChI is InChI=1S/C68H54N2O12S/c71-59-45-25-13-14-26-46(45)60(72)57(59)69-55-31-43-29-53-49(33-51(43)67(55,63(75)79-35-39-17-5-1-6-18-39)64(76)80-36-40-19-7-2-8-20-40)50-34-52-44(30-54(50)83-53)32-56(70-58-61(73)47-27-15-16-28-48(47)62(58)74)68(52,65(77)81-37-41-21-9-3-10-22-41)66(78)82-38-42-23-11-4-12-24-42/h1-12,17-24,29-34,45-48H,13-16,25-28,35-38H2. The summed E-state index contributed by atoms with van der Waals surface area (Å²) in [7, 11) is 0. The number of ether oxygens (including phenoxy) is 4. The summed E-state index contributed by atoms with van der Waals surface area (Å²) in [6.07, 6.45) is 8.22. The molecule has 6 aliphatic carbocycles. The Bertz CT molecular complexity index is 3590. The average molecular weight is 1120 g/mol. The first-order chi connectivity index (χ1) is 40.4. The van der Waals surface area contributed by atoms with E-state index in [9.17, 15) is 19.2 Å². The second kappa shape index (κ2) is 21.7. The number of carbonyl (C=O) groups excluding carboxylic acids is 8. The summed E-state index contributed by atoms with van der Waals surface area (Å²) < 4.78 is 25.9. The second-order valence-corrected chi connectivity index (χ2v) is 23.2. The third-order valence-electron chi connectivity index (χ3n) is 17.3. The van der Waals surface area contributed by atoms with Gasteiger partial charge in [0.05, 0.1) is 11.4 Å². The van der Waals surface area contributed by atoms with Gasteiger partial charge in [-0.25, -0.2) is 9.98 Å². The molecule has 0 amide bonds. The van der Waals surface area contributed by atoms with Crippen molar-refractivity contribution in [3.8, 4) is 0 Å². The SMILES string of the molecule is O=C1C(=NC2=Cc3cc4sc5cc6c(cc5c4cc3C2(C(=O)OCc2ccccc2)C(=O)OCc2ccccc2)C(C(=O)OCc2ccccc2)(C(=O)OCc2ccccc2)C(N=C2C(=O)C3CCCCC3C2=O)=C6)C(=O)C2CCCCC12. The van der Waals surface area contributed by atoms with E-state index < -0.39 is 81.5 Å². The highest BCUT2D eigenvalue weighted by molar-refractivity contribution is 7.25. The van der Waals surface area contributed by atoms with Crippen LogP contribution in [0.3, 0.4) is 0 Å². The third kappa shape index (κ3) is 9.09. The number of hydrogen-bond donors (Lipinski definition) is 0. The molecule has 6 aromatic carbocycles. The molecule has 0 radical (unpaired) electrons. The van der Waals surface area contributed by atoms with E-state index in [1.807, 2.05) is 24.3 Å². The Labute approximate surface area is 480 Å². The molecule has 13 rings (SSSR count). The van der Waals surface area contributed by atoms with Crippen LogP contribution in [0, 0.1) is 23.7 Å². The molecule has 414 valence electrons. The van der Waals surface area contributed by atoms with Gasteiger partial charge in [0.2, 0.25) is 10.8 Å². The predicted molar refractivity (Wildman–Crippen MR) is 309 cm³/mol. The Morgan fingerprint density at radius 3 is 0.964 bits per heavy atom. The molecule has 4 unspecified atom stereocenters. The minimum absolute atomic E-state index is 0.0942. The first-order valence-corrected chi connectivity index (χ1v) is 28.9. The summed E-state index contributed by atoms with van der Waals surface area (Å²) >= 11 is 1.34. The Morgan fingerprint density at radius 1 is 0.410 bits per heavy atom. The molecular formula is C68H54N2O12S. The fraction of sp³-hybridized carbons (Fsp3) is 0.265. The Kier molecular flexibility index (Phi) is 13.9. The Morgan fingerprint density at radius 2 is 0.687 bits per heavy atom. The summed E-state index contributed by atoms with van der Waals surface area (Å²) in [5.41, 5.74) is -2.71. The van der Waals surface area contributed by atoms with Crippen LogP contribution < -0.4 is 0 Å². The van der Waals surface area contributed by atoms with Crippen molar-refractivity contribution in [3.05, 3.63) is 201 Å². The minimum atomic E-state index is -2.51. The minimum Gasteiger partial charge on any atom is -0.459 e. The summed E-state index contributed by atoms with van der Waals surface area (Å²) in [4.78, 5) is 129. The molecule has 83 heavy (non-hydrogen) atoms. The second-order valence-electron chi connectivity index (χ2n) is 22.2. The molecule has 4 fully saturated rings. The molecule has 0 aliphatic heterocycles. The molecule has 0 N–H and O–H groups in total. The van der Waals surface area contributed by atoms with Crippen molar-refractivity contribution in [2.24, 2.45) is 33.7 Å². The maximum absolute atomic E-state index is 15.5. The number of ketones is 4. The lowest BCUT2D eigenvalue weighted by Gasteiger charge is -2.28. The van der Waals surface area contributed by atoms with Crippen molar-refractivity contribution in [3.63, 3.8) is 0 Å². The van der Waals surface area contributed by atoms with Crippen LogP contribution in [0.25, 0.3) is 32.3 Å². The normalized spacial score (nSPS) is 20.9. The molecule has 0 saturated heterocycles. The fourth-order valence-corrected chi connectivity index (χ4v) is 14.2. The number of aliphatic imine (C=N–C) groups is 2. The highest BCUT2D eigenvalue weighted by Crippen LogP contribution is 2.53. The van der Waals surface area contributed by atoms with Crippen LogP contribution in [-0.2, 0) is 94.6 Å². The van der Waals surface area contributed by atoms with E-state index in [0.717, 1.165) is 25.7 Å².